The highest BCUT2D eigenvalue weighted by Crippen LogP contribution is 2.29. The summed E-state index contributed by atoms with van der Waals surface area (Å²) in [6, 6.07) is 4.78. The van der Waals surface area contributed by atoms with Crippen molar-refractivity contribution in [3.05, 3.63) is 28.2 Å². The normalized spacial score (nSPS) is 14.1. The number of methoxy groups -OCH3 is 1. The molecule has 6 heteroatoms. The van der Waals surface area contributed by atoms with Gasteiger partial charge in [-0.3, -0.25) is 4.79 Å². The number of hydrogen-bond donors (Lipinski definition) is 3. The van der Waals surface area contributed by atoms with Gasteiger partial charge in [0.2, 0.25) is 0 Å². The van der Waals surface area contributed by atoms with Gasteiger partial charge in [-0.25, -0.2) is 0 Å². The highest BCUT2D eigenvalue weighted by molar-refractivity contribution is 9.10. The number of aliphatic carboxylic acids is 1. The number of rotatable bonds is 5. The molecule has 0 spiro atoms. The lowest BCUT2D eigenvalue weighted by atomic mass is 10.0. The number of ether oxygens (including phenoxy) is 1. The molecule has 1 rings (SSSR count). The van der Waals surface area contributed by atoms with Crippen LogP contribution in [-0.4, -0.2) is 34.5 Å². The summed E-state index contributed by atoms with van der Waals surface area (Å²) in [7, 11) is 1.48. The standard InChI is InChI=1S/C11H13BrO5/c1-17-9-4-6(2-3-7(9)12)11(16)8(13)5-10(14)15/h2-4,8,11,13,16H,5H2,1H3,(H,14,15). The molecule has 3 N–H and O–H groups in total. The summed E-state index contributed by atoms with van der Waals surface area (Å²) in [4.78, 5) is 10.4. The van der Waals surface area contributed by atoms with E-state index in [0.29, 0.717) is 15.8 Å². The first-order valence-electron chi connectivity index (χ1n) is 4.87. The molecule has 0 heterocycles. The Morgan fingerprint density at radius 2 is 2.12 bits per heavy atom. The number of aliphatic hydroxyl groups excluding tert-OH is 2. The van der Waals surface area contributed by atoms with Gasteiger partial charge in [-0.2, -0.15) is 0 Å². The minimum absolute atomic E-state index is 0.402. The Morgan fingerprint density at radius 3 is 2.65 bits per heavy atom. The maximum absolute atomic E-state index is 10.4. The SMILES string of the molecule is COc1cc(C(O)C(O)CC(=O)O)ccc1Br. The van der Waals surface area contributed by atoms with Crippen molar-refractivity contribution in [3.63, 3.8) is 0 Å². The van der Waals surface area contributed by atoms with Gasteiger partial charge in [-0.1, -0.05) is 6.07 Å². The number of benzene rings is 1. The zero-order chi connectivity index (χ0) is 13.0. The molecule has 94 valence electrons. The van der Waals surface area contributed by atoms with Crippen LogP contribution in [0, 0.1) is 0 Å². The number of aliphatic hydroxyl groups is 2. The summed E-state index contributed by atoms with van der Waals surface area (Å²) in [6.45, 7) is 0. The van der Waals surface area contributed by atoms with E-state index in [9.17, 15) is 15.0 Å². The van der Waals surface area contributed by atoms with E-state index in [1.54, 1.807) is 18.2 Å². The maximum Gasteiger partial charge on any atom is 0.306 e. The van der Waals surface area contributed by atoms with Crippen molar-refractivity contribution in [2.24, 2.45) is 0 Å². The Balaban J connectivity index is 2.88. The molecular weight excluding hydrogens is 292 g/mol. The Kier molecular flexibility index (Phi) is 4.92. The molecule has 0 aliphatic rings. The zero-order valence-electron chi connectivity index (χ0n) is 9.13. The molecule has 1 aromatic carbocycles. The van der Waals surface area contributed by atoms with Crippen LogP contribution < -0.4 is 4.74 Å². The first-order chi connectivity index (χ1) is 7.95. The molecule has 0 fully saturated rings. The number of carbonyl (C=O) groups is 1. The van der Waals surface area contributed by atoms with Crippen LogP contribution >= 0.6 is 15.9 Å². The van der Waals surface area contributed by atoms with Gasteiger partial charge in [0.05, 0.1) is 24.1 Å². The molecule has 1 aromatic rings. The van der Waals surface area contributed by atoms with E-state index < -0.39 is 24.6 Å². The van der Waals surface area contributed by atoms with Crippen molar-refractivity contribution in [2.45, 2.75) is 18.6 Å². The average Bonchev–Trinajstić information content (AvgIpc) is 2.27. The topological polar surface area (TPSA) is 87.0 Å². The third kappa shape index (κ3) is 3.69. The van der Waals surface area contributed by atoms with E-state index in [4.69, 9.17) is 9.84 Å². The molecule has 5 nitrogen and oxygen atoms in total. The number of carboxylic acid groups (broad SMARTS) is 1. The second-order valence-electron chi connectivity index (χ2n) is 3.50. The molecule has 0 radical (unpaired) electrons. The van der Waals surface area contributed by atoms with Crippen molar-refractivity contribution in [1.29, 1.82) is 0 Å². The highest BCUT2D eigenvalue weighted by Gasteiger charge is 2.21. The highest BCUT2D eigenvalue weighted by atomic mass is 79.9. The van der Waals surface area contributed by atoms with E-state index in [2.05, 4.69) is 15.9 Å². The first kappa shape index (κ1) is 14.0. The Labute approximate surface area is 107 Å². The number of halogens is 1. The van der Waals surface area contributed by atoms with Gasteiger partial charge in [-0.05, 0) is 33.6 Å². The van der Waals surface area contributed by atoms with Gasteiger partial charge in [0.25, 0.3) is 0 Å². The van der Waals surface area contributed by atoms with Crippen molar-refractivity contribution in [2.75, 3.05) is 7.11 Å². The Hall–Kier alpha value is -1.11. The van der Waals surface area contributed by atoms with E-state index >= 15 is 0 Å². The number of hydrogen-bond acceptors (Lipinski definition) is 4. The molecule has 0 aromatic heterocycles. The molecule has 0 amide bonds. The third-order valence-electron chi connectivity index (χ3n) is 2.26. The fraction of sp³-hybridized carbons (Fsp3) is 0.364. The summed E-state index contributed by atoms with van der Waals surface area (Å²) in [5, 5.41) is 27.8. The smallest absolute Gasteiger partial charge is 0.306 e. The van der Waals surface area contributed by atoms with Gasteiger partial charge in [-0.15, -0.1) is 0 Å². The van der Waals surface area contributed by atoms with Crippen molar-refractivity contribution in [1.82, 2.24) is 0 Å². The van der Waals surface area contributed by atoms with Crippen molar-refractivity contribution >= 4 is 21.9 Å². The lowest BCUT2D eigenvalue weighted by Gasteiger charge is -2.17. The third-order valence-corrected chi connectivity index (χ3v) is 2.92. The van der Waals surface area contributed by atoms with E-state index in [1.165, 1.54) is 7.11 Å². The van der Waals surface area contributed by atoms with Gasteiger partial charge in [0, 0.05) is 0 Å². The van der Waals surface area contributed by atoms with Crippen LogP contribution in [0.2, 0.25) is 0 Å². The van der Waals surface area contributed by atoms with Crippen LogP contribution in [0.5, 0.6) is 5.75 Å². The summed E-state index contributed by atoms with van der Waals surface area (Å²) >= 11 is 3.25. The summed E-state index contributed by atoms with van der Waals surface area (Å²) < 4.78 is 5.75. The summed E-state index contributed by atoms with van der Waals surface area (Å²) in [5.41, 5.74) is 0.402. The lowest BCUT2D eigenvalue weighted by molar-refractivity contribution is -0.141. The predicted octanol–water partition coefficient (Wildman–Crippen LogP) is 1.33. The molecular formula is C11H13BrO5. The molecule has 17 heavy (non-hydrogen) atoms. The van der Waals surface area contributed by atoms with Crippen LogP contribution in [-0.2, 0) is 4.79 Å². The molecule has 2 unspecified atom stereocenters. The second kappa shape index (κ2) is 6.00. The van der Waals surface area contributed by atoms with Crippen LogP contribution in [0.1, 0.15) is 18.1 Å². The predicted molar refractivity (Wildman–Crippen MR) is 63.9 cm³/mol. The minimum Gasteiger partial charge on any atom is -0.496 e. The fourth-order valence-electron chi connectivity index (χ4n) is 1.37. The second-order valence-corrected chi connectivity index (χ2v) is 4.36. The Bertz CT molecular complexity index is 407. The molecule has 0 saturated heterocycles. The van der Waals surface area contributed by atoms with Crippen molar-refractivity contribution < 1.29 is 24.9 Å². The maximum atomic E-state index is 10.4. The van der Waals surface area contributed by atoms with E-state index in [0.717, 1.165) is 0 Å². The van der Waals surface area contributed by atoms with Gasteiger partial charge >= 0.3 is 5.97 Å². The van der Waals surface area contributed by atoms with E-state index in [-0.39, 0.29) is 0 Å². The minimum atomic E-state index is -1.35. The lowest BCUT2D eigenvalue weighted by Crippen LogP contribution is -2.21. The zero-order valence-corrected chi connectivity index (χ0v) is 10.7. The van der Waals surface area contributed by atoms with Crippen LogP contribution in [0.15, 0.2) is 22.7 Å². The van der Waals surface area contributed by atoms with Gasteiger partial charge < -0.3 is 20.1 Å². The first-order valence-corrected chi connectivity index (χ1v) is 5.66. The molecule has 0 saturated carbocycles. The van der Waals surface area contributed by atoms with Gasteiger partial charge in [0.1, 0.15) is 11.9 Å². The fourth-order valence-corrected chi connectivity index (χ4v) is 1.78. The van der Waals surface area contributed by atoms with Crippen LogP contribution in [0.25, 0.3) is 0 Å². The molecule has 0 bridgehead atoms. The number of carboxylic acids is 1. The van der Waals surface area contributed by atoms with Crippen molar-refractivity contribution in [3.8, 4) is 5.75 Å². The monoisotopic (exact) mass is 304 g/mol. The molecule has 0 aliphatic heterocycles. The molecule has 2 atom stereocenters. The Morgan fingerprint density at radius 1 is 1.47 bits per heavy atom. The molecule has 0 aliphatic carbocycles. The quantitative estimate of drug-likeness (QED) is 0.764. The van der Waals surface area contributed by atoms with E-state index in [1.807, 2.05) is 0 Å². The largest absolute Gasteiger partial charge is 0.496 e. The van der Waals surface area contributed by atoms with Crippen LogP contribution in [0.4, 0.5) is 0 Å². The van der Waals surface area contributed by atoms with Crippen LogP contribution in [0.3, 0.4) is 0 Å². The summed E-state index contributed by atoms with van der Waals surface area (Å²) in [5.74, 6) is -0.662. The van der Waals surface area contributed by atoms with Gasteiger partial charge in [0.15, 0.2) is 0 Å². The average molecular weight is 305 g/mol. The summed E-state index contributed by atoms with van der Waals surface area (Å²) in [6.07, 6.45) is -3.12.